The van der Waals surface area contributed by atoms with E-state index in [-0.39, 0.29) is 18.2 Å². The third-order valence-corrected chi connectivity index (χ3v) is 3.44. The molecule has 6 heteroatoms. The fraction of sp³-hybridized carbons (Fsp3) is 0.778. The van der Waals surface area contributed by atoms with E-state index < -0.39 is 0 Å². The van der Waals surface area contributed by atoms with Crippen LogP contribution in [0.15, 0.2) is 11.9 Å². The van der Waals surface area contributed by atoms with Crippen molar-refractivity contribution in [2.24, 2.45) is 5.73 Å². The molecule has 1 fully saturated rings. The van der Waals surface area contributed by atoms with Crippen molar-refractivity contribution in [3.63, 3.8) is 0 Å². The van der Waals surface area contributed by atoms with Crippen molar-refractivity contribution in [2.45, 2.75) is 54.4 Å². The lowest BCUT2D eigenvalue weighted by molar-refractivity contribution is -0.132. The lowest BCUT2D eigenvalue weighted by Crippen LogP contribution is -2.48. The molecule has 1 saturated heterocycles. The maximum Gasteiger partial charge on any atom is 0.223 e. The minimum absolute atomic E-state index is 0.0546. The third kappa shape index (κ3) is 11.9. The van der Waals surface area contributed by atoms with Gasteiger partial charge in [-0.15, -0.1) is 0 Å². The Labute approximate surface area is 148 Å². The first-order chi connectivity index (χ1) is 11.5. The van der Waals surface area contributed by atoms with Gasteiger partial charge < -0.3 is 20.9 Å². The zero-order chi connectivity index (χ0) is 19.0. The van der Waals surface area contributed by atoms with Crippen LogP contribution in [-0.4, -0.2) is 60.8 Å². The number of carbonyl (C=O) groups is 2. The van der Waals surface area contributed by atoms with Gasteiger partial charge in [0.2, 0.25) is 5.91 Å². The summed E-state index contributed by atoms with van der Waals surface area (Å²) in [6.45, 7) is 16.5. The summed E-state index contributed by atoms with van der Waals surface area (Å²) in [6, 6.07) is 0. The largest absolute Gasteiger partial charge is 0.401 e. The fourth-order valence-corrected chi connectivity index (χ4v) is 2.12. The summed E-state index contributed by atoms with van der Waals surface area (Å²) in [5.74, 6) is 0.211. The SMILES string of the molecule is CC.CC.CCN1CCN(C(=O)CC/C(N)=C/NCC(C)=O)CC1. The lowest BCUT2D eigenvalue weighted by Gasteiger charge is -2.34. The van der Waals surface area contributed by atoms with Crippen molar-refractivity contribution in [3.8, 4) is 0 Å². The van der Waals surface area contributed by atoms with E-state index in [1.807, 2.05) is 32.6 Å². The number of nitrogens with one attached hydrogen (secondary N) is 1. The molecule has 0 spiro atoms. The van der Waals surface area contributed by atoms with Crippen LogP contribution in [0.4, 0.5) is 0 Å². The van der Waals surface area contributed by atoms with E-state index in [1.165, 1.54) is 6.92 Å². The van der Waals surface area contributed by atoms with E-state index in [0.29, 0.717) is 18.5 Å². The summed E-state index contributed by atoms with van der Waals surface area (Å²) < 4.78 is 0. The molecule has 0 aromatic rings. The highest BCUT2D eigenvalue weighted by atomic mass is 16.2. The topological polar surface area (TPSA) is 78.7 Å². The summed E-state index contributed by atoms with van der Waals surface area (Å²) in [5, 5.41) is 2.83. The smallest absolute Gasteiger partial charge is 0.223 e. The second-order valence-electron chi connectivity index (χ2n) is 5.12. The number of rotatable bonds is 7. The molecule has 0 aromatic carbocycles. The minimum Gasteiger partial charge on any atom is -0.401 e. The lowest BCUT2D eigenvalue weighted by atomic mass is 10.2. The van der Waals surface area contributed by atoms with Gasteiger partial charge in [0.15, 0.2) is 0 Å². The number of hydrogen-bond donors (Lipinski definition) is 2. The number of nitrogens with two attached hydrogens (primary N) is 1. The van der Waals surface area contributed by atoms with Crippen molar-refractivity contribution < 1.29 is 9.59 Å². The monoisotopic (exact) mass is 342 g/mol. The van der Waals surface area contributed by atoms with Crippen molar-refractivity contribution >= 4 is 11.7 Å². The Kier molecular flexibility index (Phi) is 16.8. The molecule has 1 aliphatic rings. The van der Waals surface area contributed by atoms with Gasteiger partial charge in [0, 0.05) is 44.5 Å². The number of ketones is 1. The van der Waals surface area contributed by atoms with Crippen molar-refractivity contribution in [2.75, 3.05) is 39.3 Å². The highest BCUT2D eigenvalue weighted by Crippen LogP contribution is 2.06. The Morgan fingerprint density at radius 1 is 1.04 bits per heavy atom. The van der Waals surface area contributed by atoms with Crippen LogP contribution in [0.1, 0.15) is 54.4 Å². The Morgan fingerprint density at radius 2 is 1.58 bits per heavy atom. The molecule has 1 heterocycles. The van der Waals surface area contributed by atoms with Crippen molar-refractivity contribution in [1.82, 2.24) is 15.1 Å². The molecule has 1 amide bonds. The molecule has 1 aliphatic heterocycles. The van der Waals surface area contributed by atoms with E-state index in [9.17, 15) is 9.59 Å². The molecule has 0 aromatic heterocycles. The Bertz CT molecular complexity index is 362. The van der Waals surface area contributed by atoms with Crippen LogP contribution in [0, 0.1) is 0 Å². The van der Waals surface area contributed by atoms with Crippen LogP contribution < -0.4 is 11.1 Å². The highest BCUT2D eigenvalue weighted by Gasteiger charge is 2.19. The van der Waals surface area contributed by atoms with E-state index in [0.717, 1.165) is 32.7 Å². The molecule has 1 rings (SSSR count). The molecule has 0 atom stereocenters. The zero-order valence-electron chi connectivity index (χ0n) is 16.5. The molecule has 0 bridgehead atoms. The normalized spacial score (nSPS) is 14.8. The second-order valence-corrected chi connectivity index (χ2v) is 5.12. The number of allylic oxidation sites excluding steroid dienone is 1. The molecular formula is C18H38N4O2. The summed E-state index contributed by atoms with van der Waals surface area (Å²) >= 11 is 0. The van der Waals surface area contributed by atoms with Gasteiger partial charge in [-0.2, -0.15) is 0 Å². The number of likely N-dealkylation sites (N-methyl/N-ethyl adjacent to an activating group) is 1. The van der Waals surface area contributed by atoms with Crippen LogP contribution in [0.5, 0.6) is 0 Å². The first kappa shape index (κ1) is 24.7. The van der Waals surface area contributed by atoms with E-state index in [2.05, 4.69) is 17.1 Å². The van der Waals surface area contributed by atoms with Gasteiger partial charge in [-0.05, 0) is 19.9 Å². The molecule has 0 radical (unpaired) electrons. The number of nitrogens with zero attached hydrogens (tertiary/aromatic N) is 2. The third-order valence-electron chi connectivity index (χ3n) is 3.44. The summed E-state index contributed by atoms with van der Waals surface area (Å²) in [5.41, 5.74) is 6.39. The van der Waals surface area contributed by atoms with Crippen LogP contribution in [0.3, 0.4) is 0 Å². The van der Waals surface area contributed by atoms with Crippen LogP contribution in [0.2, 0.25) is 0 Å². The van der Waals surface area contributed by atoms with E-state index in [1.54, 1.807) is 6.20 Å². The number of Topliss-reactive ketones (excluding diaryl/α,β-unsaturated/α-hetero) is 1. The van der Waals surface area contributed by atoms with Gasteiger partial charge in [0.05, 0.1) is 6.54 Å². The standard InChI is InChI=1S/C14H26N4O2.2C2H6/c1-3-17-6-8-18(9-7-17)14(20)5-4-13(15)11-16-10-12(2)19;2*1-2/h11,16H,3-10,15H2,1-2H3;2*1-2H3/b13-11-;;. The predicted octanol–water partition coefficient (Wildman–Crippen LogP) is 1.96. The molecular weight excluding hydrogens is 304 g/mol. The van der Waals surface area contributed by atoms with Crippen LogP contribution in [-0.2, 0) is 9.59 Å². The van der Waals surface area contributed by atoms with Gasteiger partial charge >= 0.3 is 0 Å². The van der Waals surface area contributed by atoms with Crippen LogP contribution in [0.25, 0.3) is 0 Å². The van der Waals surface area contributed by atoms with Crippen LogP contribution >= 0.6 is 0 Å². The highest BCUT2D eigenvalue weighted by molar-refractivity contribution is 5.77. The quantitative estimate of drug-likeness (QED) is 0.739. The number of amides is 1. The number of piperazine rings is 1. The average molecular weight is 343 g/mol. The fourth-order valence-electron chi connectivity index (χ4n) is 2.12. The molecule has 0 unspecified atom stereocenters. The maximum absolute atomic E-state index is 12.0. The van der Waals surface area contributed by atoms with Gasteiger partial charge in [0.25, 0.3) is 0 Å². The van der Waals surface area contributed by atoms with E-state index in [4.69, 9.17) is 5.73 Å². The van der Waals surface area contributed by atoms with E-state index >= 15 is 0 Å². The first-order valence-electron chi connectivity index (χ1n) is 9.20. The minimum atomic E-state index is 0.0546. The molecule has 24 heavy (non-hydrogen) atoms. The van der Waals surface area contributed by atoms with Gasteiger partial charge in [-0.1, -0.05) is 34.6 Å². The molecule has 0 saturated carbocycles. The first-order valence-corrected chi connectivity index (χ1v) is 9.20. The summed E-state index contributed by atoms with van der Waals surface area (Å²) in [4.78, 5) is 27.0. The Balaban J connectivity index is 0. The summed E-state index contributed by atoms with van der Waals surface area (Å²) in [6.07, 6.45) is 2.57. The number of carbonyl (C=O) groups excluding carboxylic acids is 2. The Hall–Kier alpha value is -1.56. The van der Waals surface area contributed by atoms with Gasteiger partial charge in [0.1, 0.15) is 5.78 Å². The van der Waals surface area contributed by atoms with Crippen molar-refractivity contribution in [3.05, 3.63) is 11.9 Å². The molecule has 3 N–H and O–H groups in total. The second kappa shape index (κ2) is 16.3. The molecule has 142 valence electrons. The summed E-state index contributed by atoms with van der Waals surface area (Å²) in [7, 11) is 0. The van der Waals surface area contributed by atoms with Gasteiger partial charge in [-0.25, -0.2) is 0 Å². The zero-order valence-corrected chi connectivity index (χ0v) is 16.5. The van der Waals surface area contributed by atoms with Gasteiger partial charge in [-0.3, -0.25) is 9.59 Å². The Morgan fingerprint density at radius 3 is 2.04 bits per heavy atom. The molecule has 0 aliphatic carbocycles. The average Bonchev–Trinajstić information content (AvgIpc) is 2.63. The number of hydrogen-bond acceptors (Lipinski definition) is 5. The van der Waals surface area contributed by atoms with Crippen molar-refractivity contribution in [1.29, 1.82) is 0 Å². The molecule has 6 nitrogen and oxygen atoms in total. The maximum atomic E-state index is 12.0. The predicted molar refractivity (Wildman–Crippen MR) is 102 cm³/mol.